The molecule has 0 aromatic heterocycles. The Morgan fingerprint density at radius 2 is 1.49 bits per heavy atom. The van der Waals surface area contributed by atoms with Gasteiger partial charge in [0.15, 0.2) is 11.6 Å². The number of rotatable bonds is 13. The lowest BCUT2D eigenvalue weighted by Crippen LogP contribution is -2.37. The summed E-state index contributed by atoms with van der Waals surface area (Å²) in [5.74, 6) is -3.51. The van der Waals surface area contributed by atoms with Crippen molar-refractivity contribution in [1.82, 2.24) is 10.6 Å². The molecule has 0 aliphatic carbocycles. The molecule has 2 aliphatic heterocycles. The molecular weight excluding hydrogens is 677 g/mol. The number of nitrogens with one attached hydrogen (secondary N) is 3. The molecular formula is C29H40IN3O10. The molecule has 238 valence electrons. The Labute approximate surface area is 264 Å². The number of hydrogen-bond acceptors (Lipinski definition) is 11. The van der Waals surface area contributed by atoms with Crippen LogP contribution in [0.2, 0.25) is 0 Å². The first-order valence-corrected chi connectivity index (χ1v) is 14.9. The van der Waals surface area contributed by atoms with E-state index >= 15 is 0 Å². The summed E-state index contributed by atoms with van der Waals surface area (Å²) in [5, 5.41) is 8.69. The van der Waals surface area contributed by atoms with Gasteiger partial charge in [0.2, 0.25) is 0 Å². The van der Waals surface area contributed by atoms with E-state index in [0.717, 1.165) is 0 Å². The Hall–Kier alpha value is -2.79. The van der Waals surface area contributed by atoms with Gasteiger partial charge in [0.25, 0.3) is 11.8 Å². The lowest BCUT2D eigenvalue weighted by Gasteiger charge is -2.20. The first-order chi connectivity index (χ1) is 20.1. The van der Waals surface area contributed by atoms with E-state index in [1.807, 2.05) is 22.6 Å². The van der Waals surface area contributed by atoms with Gasteiger partial charge in [-0.15, -0.1) is 0 Å². The molecule has 2 saturated heterocycles. The van der Waals surface area contributed by atoms with Crippen molar-refractivity contribution in [2.75, 3.05) is 51.4 Å². The van der Waals surface area contributed by atoms with E-state index < -0.39 is 35.3 Å². The number of carbonyl (C=O) groups excluding carboxylic acids is 4. The van der Waals surface area contributed by atoms with Crippen LogP contribution in [0.25, 0.3) is 0 Å². The first kappa shape index (κ1) is 34.7. The topological polar surface area (TPSA) is 160 Å². The normalized spacial score (nSPS) is 20.3. The summed E-state index contributed by atoms with van der Waals surface area (Å²) in [6.07, 6.45) is -0.659. The highest BCUT2D eigenvalue weighted by atomic mass is 127. The summed E-state index contributed by atoms with van der Waals surface area (Å²) < 4.78 is 33.2. The summed E-state index contributed by atoms with van der Waals surface area (Å²) in [5.41, 5.74) is 1.67. The van der Waals surface area contributed by atoms with Gasteiger partial charge in [-0.25, -0.2) is 4.79 Å². The summed E-state index contributed by atoms with van der Waals surface area (Å²) in [6.45, 7) is 14.4. The van der Waals surface area contributed by atoms with E-state index in [-0.39, 0.29) is 61.8 Å². The number of halogens is 1. The zero-order valence-electron chi connectivity index (χ0n) is 25.3. The Bertz CT molecular complexity index is 1250. The van der Waals surface area contributed by atoms with Gasteiger partial charge in [-0.1, -0.05) is 6.58 Å². The fourth-order valence-corrected chi connectivity index (χ4v) is 5.37. The molecule has 1 aromatic rings. The van der Waals surface area contributed by atoms with Gasteiger partial charge in [0, 0.05) is 27.9 Å². The molecule has 2 fully saturated rings. The Kier molecular flexibility index (Phi) is 11.9. The van der Waals surface area contributed by atoms with Crippen LogP contribution in [-0.4, -0.2) is 93.6 Å². The number of benzene rings is 1. The minimum Gasteiger partial charge on any atom is -0.461 e. The van der Waals surface area contributed by atoms with Crippen molar-refractivity contribution in [2.45, 2.75) is 65.3 Å². The van der Waals surface area contributed by atoms with Crippen molar-refractivity contribution >= 4 is 52.0 Å². The van der Waals surface area contributed by atoms with E-state index in [9.17, 15) is 19.2 Å². The zero-order chi connectivity index (χ0) is 31.9. The predicted octanol–water partition coefficient (Wildman–Crippen LogP) is 2.44. The molecule has 2 amide bonds. The van der Waals surface area contributed by atoms with Crippen LogP contribution in [0, 0.1) is 10.5 Å². The molecule has 0 bridgehead atoms. The molecule has 3 N–H and O–H groups in total. The smallest absolute Gasteiger partial charge is 0.333 e. The molecule has 0 spiro atoms. The molecule has 14 heteroatoms. The van der Waals surface area contributed by atoms with Crippen molar-refractivity contribution in [3.8, 4) is 0 Å². The molecule has 3 rings (SSSR count). The van der Waals surface area contributed by atoms with Crippen molar-refractivity contribution in [3.05, 3.63) is 38.5 Å². The summed E-state index contributed by atoms with van der Waals surface area (Å²) in [6, 6.07) is 1.58. The highest BCUT2D eigenvalue weighted by Crippen LogP contribution is 2.29. The Balaban J connectivity index is 1.73. The van der Waals surface area contributed by atoms with Crippen LogP contribution < -0.4 is 16.0 Å². The molecule has 43 heavy (non-hydrogen) atoms. The van der Waals surface area contributed by atoms with Crippen LogP contribution in [0.1, 0.15) is 60.9 Å². The van der Waals surface area contributed by atoms with Crippen LogP contribution in [0.4, 0.5) is 5.69 Å². The predicted molar refractivity (Wildman–Crippen MR) is 164 cm³/mol. The Morgan fingerprint density at radius 1 is 0.953 bits per heavy atom. The third kappa shape index (κ3) is 10.1. The average Bonchev–Trinajstić information content (AvgIpc) is 3.47. The number of hydrogen-bond donors (Lipinski definition) is 3. The number of anilines is 1. The Morgan fingerprint density at radius 3 is 2.00 bits per heavy atom. The number of carbonyl (C=O) groups is 4. The molecule has 0 radical (unpaired) electrons. The number of esters is 2. The molecule has 2 heterocycles. The summed E-state index contributed by atoms with van der Waals surface area (Å²) >= 11 is 1.97. The number of ether oxygens (including phenoxy) is 6. The van der Waals surface area contributed by atoms with Gasteiger partial charge in [0.1, 0.15) is 32.0 Å². The molecule has 2 aliphatic rings. The minimum absolute atomic E-state index is 0.117. The van der Waals surface area contributed by atoms with Gasteiger partial charge in [-0.2, -0.15) is 0 Å². The summed E-state index contributed by atoms with van der Waals surface area (Å²) in [7, 11) is 0. The maximum Gasteiger partial charge on any atom is 0.333 e. The molecule has 2 atom stereocenters. The van der Waals surface area contributed by atoms with Gasteiger partial charge in [-0.05, 0) is 75.8 Å². The van der Waals surface area contributed by atoms with E-state index in [1.165, 1.54) is 6.92 Å². The maximum atomic E-state index is 13.4. The second-order valence-corrected chi connectivity index (χ2v) is 12.2. The molecule has 0 saturated carbocycles. The van der Waals surface area contributed by atoms with Gasteiger partial charge >= 0.3 is 11.9 Å². The van der Waals surface area contributed by atoms with E-state index in [4.69, 9.17) is 28.4 Å². The van der Waals surface area contributed by atoms with Crippen LogP contribution in [0.3, 0.4) is 0 Å². The zero-order valence-corrected chi connectivity index (χ0v) is 27.5. The first-order valence-electron chi connectivity index (χ1n) is 13.8. The minimum atomic E-state index is -0.737. The second kappa shape index (κ2) is 14.8. The molecule has 1 aromatic carbocycles. The third-order valence-electron chi connectivity index (χ3n) is 6.46. The quantitative estimate of drug-likeness (QED) is 0.119. The second-order valence-electron chi connectivity index (χ2n) is 11.1. The fraction of sp³-hybridized carbons (Fsp3) is 0.586. The van der Waals surface area contributed by atoms with Gasteiger partial charge < -0.3 is 44.4 Å². The summed E-state index contributed by atoms with van der Waals surface area (Å²) in [4.78, 5) is 50.6. The van der Waals surface area contributed by atoms with Crippen molar-refractivity contribution in [2.24, 2.45) is 0 Å². The van der Waals surface area contributed by atoms with Crippen LogP contribution >= 0.6 is 22.6 Å². The lowest BCUT2D eigenvalue weighted by atomic mass is 10.0. The average molecular weight is 718 g/mol. The van der Waals surface area contributed by atoms with E-state index in [0.29, 0.717) is 28.0 Å². The fourth-order valence-electron chi connectivity index (χ4n) is 4.32. The molecule has 2 unspecified atom stereocenters. The van der Waals surface area contributed by atoms with Gasteiger partial charge in [0.05, 0.1) is 24.3 Å². The van der Waals surface area contributed by atoms with E-state index in [1.54, 1.807) is 40.7 Å². The van der Waals surface area contributed by atoms with Crippen LogP contribution in [0.5, 0.6) is 0 Å². The monoisotopic (exact) mass is 717 g/mol. The van der Waals surface area contributed by atoms with Crippen molar-refractivity contribution < 1.29 is 47.6 Å². The van der Waals surface area contributed by atoms with E-state index in [2.05, 4.69) is 22.5 Å². The number of amides is 2. The third-order valence-corrected chi connectivity index (χ3v) is 7.58. The van der Waals surface area contributed by atoms with Gasteiger partial charge in [-0.3, -0.25) is 14.4 Å². The lowest BCUT2D eigenvalue weighted by molar-refractivity contribution is -0.148. The standard InChI is InChI=1S/C29H40IN3O10/c1-16(2)27(37)39-9-8-38-22(34)13-31-21-10-20(25(35)32-11-18-14-40-28(4,5)42-18)24(30)23(17(21)3)26(36)33-12-19-15-41-29(6,7)43-19/h10,18-19,31H,1,8-9,11-15H2,2-7H3,(H,32,35)(H,33,36). The maximum absolute atomic E-state index is 13.4. The molecule has 13 nitrogen and oxygen atoms in total. The largest absolute Gasteiger partial charge is 0.461 e. The highest BCUT2D eigenvalue weighted by molar-refractivity contribution is 14.1. The highest BCUT2D eigenvalue weighted by Gasteiger charge is 2.34. The van der Waals surface area contributed by atoms with Crippen LogP contribution in [0.15, 0.2) is 18.2 Å². The van der Waals surface area contributed by atoms with Crippen LogP contribution in [-0.2, 0) is 38.0 Å². The SMILES string of the molecule is C=C(C)C(=O)OCCOC(=O)CNc1cc(C(=O)NCC2COC(C)(C)O2)c(I)c(C(=O)NCC2COC(C)(C)O2)c1C. The van der Waals surface area contributed by atoms with Crippen molar-refractivity contribution in [3.63, 3.8) is 0 Å². The van der Waals surface area contributed by atoms with Crippen molar-refractivity contribution in [1.29, 1.82) is 0 Å².